The molecule has 2 aliphatic rings. The average Bonchev–Trinajstić information content (AvgIpc) is 3.43. The minimum Gasteiger partial charge on any atom is -0.354 e. The molecule has 1 aliphatic carbocycles. The van der Waals surface area contributed by atoms with Crippen LogP contribution in [-0.4, -0.2) is 37.8 Å². The minimum atomic E-state index is -4.42. The second-order valence-corrected chi connectivity index (χ2v) is 7.81. The molecule has 9 heteroatoms. The molecular weight excluding hydrogens is 393 g/mol. The van der Waals surface area contributed by atoms with Gasteiger partial charge in [-0.3, -0.25) is 9.67 Å². The summed E-state index contributed by atoms with van der Waals surface area (Å²) in [5, 5.41) is 3.80. The second kappa shape index (κ2) is 7.37. The maximum atomic E-state index is 13.0. The number of anilines is 1. The predicted molar refractivity (Wildman–Crippen MR) is 105 cm³/mol. The van der Waals surface area contributed by atoms with Gasteiger partial charge in [0, 0.05) is 48.5 Å². The average molecular weight is 414 g/mol. The summed E-state index contributed by atoms with van der Waals surface area (Å²) in [5.41, 5.74) is 2.32. The van der Waals surface area contributed by atoms with Gasteiger partial charge in [0.25, 0.3) is 0 Å². The van der Waals surface area contributed by atoms with E-state index in [9.17, 15) is 13.2 Å². The predicted octanol–water partition coefficient (Wildman–Crippen LogP) is 4.08. The van der Waals surface area contributed by atoms with Crippen LogP contribution in [0.1, 0.15) is 42.3 Å². The molecule has 0 saturated carbocycles. The molecule has 5 rings (SSSR count). The van der Waals surface area contributed by atoms with Crippen molar-refractivity contribution in [2.75, 3.05) is 18.0 Å². The number of fused-ring (bicyclic) bond motifs is 1. The summed E-state index contributed by atoms with van der Waals surface area (Å²) in [6.07, 6.45) is 5.02. The third-order valence-corrected chi connectivity index (χ3v) is 5.82. The number of hydrogen-bond acceptors (Lipinski definition) is 5. The van der Waals surface area contributed by atoms with Gasteiger partial charge in [-0.05, 0) is 50.3 Å². The van der Waals surface area contributed by atoms with Gasteiger partial charge in [0.05, 0.1) is 6.04 Å². The largest absolute Gasteiger partial charge is 0.435 e. The van der Waals surface area contributed by atoms with Crippen LogP contribution in [0.25, 0.3) is 11.4 Å². The Balaban J connectivity index is 1.46. The molecule has 1 aliphatic heterocycles. The van der Waals surface area contributed by atoms with Gasteiger partial charge in [0.1, 0.15) is 5.82 Å². The molecule has 3 aromatic heterocycles. The van der Waals surface area contributed by atoms with E-state index in [4.69, 9.17) is 9.97 Å². The highest BCUT2D eigenvalue weighted by atomic mass is 19.4. The molecule has 4 heterocycles. The van der Waals surface area contributed by atoms with Gasteiger partial charge in [-0.1, -0.05) is 0 Å². The van der Waals surface area contributed by atoms with E-state index in [1.165, 1.54) is 16.4 Å². The van der Waals surface area contributed by atoms with Crippen molar-refractivity contribution in [3.05, 3.63) is 53.7 Å². The van der Waals surface area contributed by atoms with E-state index in [1.807, 2.05) is 12.1 Å². The number of aryl methyl sites for hydroxylation is 1. The van der Waals surface area contributed by atoms with E-state index in [1.54, 1.807) is 12.4 Å². The van der Waals surface area contributed by atoms with E-state index >= 15 is 0 Å². The van der Waals surface area contributed by atoms with Crippen molar-refractivity contribution in [1.29, 1.82) is 0 Å². The van der Waals surface area contributed by atoms with Crippen molar-refractivity contribution in [2.45, 2.75) is 44.3 Å². The van der Waals surface area contributed by atoms with Gasteiger partial charge in [0.15, 0.2) is 11.5 Å². The molecule has 1 unspecified atom stereocenters. The van der Waals surface area contributed by atoms with Gasteiger partial charge in [-0.2, -0.15) is 18.3 Å². The normalized spacial score (nSPS) is 19.2. The summed E-state index contributed by atoms with van der Waals surface area (Å²) in [7, 11) is 0. The Morgan fingerprint density at radius 1 is 1.00 bits per heavy atom. The fraction of sp³-hybridized carbons (Fsp3) is 0.429. The number of alkyl halides is 3. The van der Waals surface area contributed by atoms with Crippen LogP contribution in [0.4, 0.5) is 19.0 Å². The van der Waals surface area contributed by atoms with Crippen molar-refractivity contribution < 1.29 is 13.2 Å². The van der Waals surface area contributed by atoms with Crippen LogP contribution in [0.5, 0.6) is 0 Å². The number of nitrogens with zero attached hydrogens (tertiary/aromatic N) is 6. The first-order chi connectivity index (χ1) is 14.5. The topological polar surface area (TPSA) is 59.7 Å². The Labute approximate surface area is 171 Å². The standard InChI is InChI=1S/C21H21F3N6/c22-21(23,24)18-8-12-30(28-18)15-3-2-11-29(13-15)20-16-4-1-5-17(16)26-19(27-20)14-6-9-25-10-7-14/h6-10,12,15H,1-5,11,13H2. The molecule has 1 atom stereocenters. The zero-order valence-electron chi connectivity index (χ0n) is 16.3. The summed E-state index contributed by atoms with van der Waals surface area (Å²) in [6.45, 7) is 1.40. The van der Waals surface area contributed by atoms with Gasteiger partial charge >= 0.3 is 6.18 Å². The maximum Gasteiger partial charge on any atom is 0.435 e. The van der Waals surface area contributed by atoms with E-state index in [2.05, 4.69) is 15.0 Å². The molecule has 0 amide bonds. The number of pyridine rings is 1. The molecule has 0 radical (unpaired) electrons. The Morgan fingerprint density at radius 3 is 2.60 bits per heavy atom. The molecule has 1 fully saturated rings. The molecule has 0 spiro atoms. The van der Waals surface area contributed by atoms with Crippen LogP contribution < -0.4 is 4.90 Å². The molecule has 0 bridgehead atoms. The number of piperidine rings is 1. The summed E-state index contributed by atoms with van der Waals surface area (Å²) in [6, 6.07) is 4.71. The van der Waals surface area contributed by atoms with Crippen molar-refractivity contribution in [2.24, 2.45) is 0 Å². The number of hydrogen-bond donors (Lipinski definition) is 0. The van der Waals surface area contributed by atoms with Crippen LogP contribution in [0.2, 0.25) is 0 Å². The van der Waals surface area contributed by atoms with E-state index in [0.717, 1.165) is 61.8 Å². The lowest BCUT2D eigenvalue weighted by atomic mass is 10.0. The molecule has 156 valence electrons. The molecule has 0 N–H and O–H groups in total. The first-order valence-corrected chi connectivity index (χ1v) is 10.2. The van der Waals surface area contributed by atoms with Gasteiger partial charge in [-0.15, -0.1) is 0 Å². The minimum absolute atomic E-state index is 0.119. The molecule has 1 saturated heterocycles. The number of aromatic nitrogens is 5. The quantitative estimate of drug-likeness (QED) is 0.646. The third-order valence-electron chi connectivity index (χ3n) is 5.82. The van der Waals surface area contributed by atoms with Gasteiger partial charge in [-0.25, -0.2) is 9.97 Å². The fourth-order valence-corrected chi connectivity index (χ4v) is 4.36. The Bertz CT molecular complexity index is 1050. The van der Waals surface area contributed by atoms with Gasteiger partial charge < -0.3 is 4.90 Å². The summed E-state index contributed by atoms with van der Waals surface area (Å²) < 4.78 is 40.3. The van der Waals surface area contributed by atoms with Crippen molar-refractivity contribution in [1.82, 2.24) is 24.7 Å². The van der Waals surface area contributed by atoms with Crippen molar-refractivity contribution in [3.63, 3.8) is 0 Å². The first kappa shape index (κ1) is 19.0. The molecular formula is C21H21F3N6. The lowest BCUT2D eigenvalue weighted by molar-refractivity contribution is -0.141. The highest BCUT2D eigenvalue weighted by Crippen LogP contribution is 2.35. The van der Waals surface area contributed by atoms with Crippen LogP contribution in [-0.2, 0) is 19.0 Å². The van der Waals surface area contributed by atoms with Crippen molar-refractivity contribution >= 4 is 5.82 Å². The van der Waals surface area contributed by atoms with Crippen LogP contribution in [0.15, 0.2) is 36.8 Å². The van der Waals surface area contributed by atoms with Crippen molar-refractivity contribution in [3.8, 4) is 11.4 Å². The highest BCUT2D eigenvalue weighted by Gasteiger charge is 2.35. The zero-order chi connectivity index (χ0) is 20.7. The first-order valence-electron chi connectivity index (χ1n) is 10.2. The number of rotatable bonds is 3. The smallest absolute Gasteiger partial charge is 0.354 e. The summed E-state index contributed by atoms with van der Waals surface area (Å²) in [4.78, 5) is 15.9. The SMILES string of the molecule is FC(F)(F)c1ccn(C2CCCN(c3nc(-c4ccncc4)nc4c3CCC4)C2)n1. The van der Waals surface area contributed by atoms with E-state index in [0.29, 0.717) is 12.4 Å². The fourth-order valence-electron chi connectivity index (χ4n) is 4.36. The second-order valence-electron chi connectivity index (χ2n) is 7.81. The van der Waals surface area contributed by atoms with Gasteiger partial charge in [0.2, 0.25) is 0 Å². The van der Waals surface area contributed by atoms with Crippen LogP contribution >= 0.6 is 0 Å². The third kappa shape index (κ3) is 3.53. The van der Waals surface area contributed by atoms with Crippen LogP contribution in [0.3, 0.4) is 0 Å². The lowest BCUT2D eigenvalue weighted by Gasteiger charge is -2.34. The Morgan fingerprint density at radius 2 is 1.83 bits per heavy atom. The van der Waals surface area contributed by atoms with E-state index < -0.39 is 11.9 Å². The molecule has 6 nitrogen and oxygen atoms in total. The summed E-state index contributed by atoms with van der Waals surface area (Å²) >= 11 is 0. The Hall–Kier alpha value is -2.97. The monoisotopic (exact) mass is 414 g/mol. The lowest BCUT2D eigenvalue weighted by Crippen LogP contribution is -2.38. The highest BCUT2D eigenvalue weighted by molar-refractivity contribution is 5.61. The zero-order valence-corrected chi connectivity index (χ0v) is 16.3. The molecule has 30 heavy (non-hydrogen) atoms. The van der Waals surface area contributed by atoms with E-state index in [-0.39, 0.29) is 6.04 Å². The Kier molecular flexibility index (Phi) is 4.67. The maximum absolute atomic E-state index is 13.0. The van der Waals surface area contributed by atoms with Crippen LogP contribution in [0, 0.1) is 0 Å². The molecule has 0 aromatic carbocycles. The number of halogens is 3. The molecule has 3 aromatic rings. The summed E-state index contributed by atoms with van der Waals surface area (Å²) in [5.74, 6) is 1.59.